The highest BCUT2D eigenvalue weighted by Gasteiger charge is 2.45. The molecule has 2 rings (SSSR count). The molecule has 86 valence electrons. The molecule has 1 N–H and O–H groups in total. The number of ketones is 1. The Balaban J connectivity index is 2.37. The fraction of sp³-hybridized carbons (Fsp3) is 0.417. The van der Waals surface area contributed by atoms with E-state index in [0.29, 0.717) is 18.8 Å². The van der Waals surface area contributed by atoms with Gasteiger partial charge in [0.15, 0.2) is 5.78 Å². The molecule has 16 heavy (non-hydrogen) atoms. The van der Waals surface area contributed by atoms with E-state index in [4.69, 9.17) is 4.74 Å². The van der Waals surface area contributed by atoms with Crippen molar-refractivity contribution in [2.75, 3.05) is 19.8 Å². The van der Waals surface area contributed by atoms with E-state index < -0.39 is 5.41 Å². The Morgan fingerprint density at radius 3 is 2.75 bits per heavy atom. The number of Topliss-reactive ketones (excluding diaryl/α,β-unsaturated/α-hetero) is 1. The van der Waals surface area contributed by atoms with Crippen LogP contribution in [-0.4, -0.2) is 30.7 Å². The molecule has 0 radical (unpaired) electrons. The van der Waals surface area contributed by atoms with Crippen molar-refractivity contribution in [3.8, 4) is 0 Å². The number of carbonyl (C=O) groups is 1. The van der Waals surface area contributed by atoms with Crippen molar-refractivity contribution < 1.29 is 14.6 Å². The minimum Gasteiger partial charge on any atom is -0.395 e. The lowest BCUT2D eigenvalue weighted by molar-refractivity contribution is -0.109. The maximum Gasteiger partial charge on any atom is 0.176 e. The van der Waals surface area contributed by atoms with Gasteiger partial charge in [0, 0.05) is 10.0 Å². The van der Waals surface area contributed by atoms with Crippen LogP contribution in [0.25, 0.3) is 0 Å². The van der Waals surface area contributed by atoms with Crippen molar-refractivity contribution in [2.45, 2.75) is 6.92 Å². The molecule has 0 saturated carbocycles. The Bertz CT molecular complexity index is 419. The van der Waals surface area contributed by atoms with Crippen LogP contribution in [0.4, 0.5) is 0 Å². The molecule has 1 aromatic rings. The fourth-order valence-corrected chi connectivity index (χ4v) is 2.13. The molecule has 3 nitrogen and oxygen atoms in total. The lowest BCUT2D eigenvalue weighted by Gasteiger charge is -2.38. The summed E-state index contributed by atoms with van der Waals surface area (Å²) in [5, 5.41) is 9.32. The average Bonchev–Trinajstić information content (AvgIpc) is 2.21. The van der Waals surface area contributed by atoms with Crippen molar-refractivity contribution in [3.05, 3.63) is 33.8 Å². The molecule has 1 saturated heterocycles. The molecule has 1 aromatic carbocycles. The zero-order chi connectivity index (χ0) is 11.8. The number of carbonyl (C=O) groups excluding carboxylic acids is 1. The number of aliphatic hydroxyl groups is 1. The van der Waals surface area contributed by atoms with Gasteiger partial charge in [-0.25, -0.2) is 0 Å². The fourth-order valence-electron chi connectivity index (χ4n) is 1.77. The van der Waals surface area contributed by atoms with Gasteiger partial charge in [0.05, 0.1) is 19.8 Å². The first-order valence-corrected chi connectivity index (χ1v) is 5.88. The third kappa shape index (κ3) is 1.81. The lowest BCUT2D eigenvalue weighted by Crippen LogP contribution is -2.52. The second-order valence-electron chi connectivity index (χ2n) is 4.22. The zero-order valence-corrected chi connectivity index (χ0v) is 10.6. The van der Waals surface area contributed by atoms with Gasteiger partial charge in [-0.1, -0.05) is 22.0 Å². The van der Waals surface area contributed by atoms with E-state index in [-0.39, 0.29) is 12.4 Å². The second kappa shape index (κ2) is 4.28. The quantitative estimate of drug-likeness (QED) is 0.863. The maximum absolute atomic E-state index is 12.3. The third-order valence-corrected chi connectivity index (χ3v) is 3.48. The molecule has 1 fully saturated rings. The normalized spacial score (nSPS) is 17.9. The number of benzene rings is 1. The molecular formula is C12H13BrO3. The summed E-state index contributed by atoms with van der Waals surface area (Å²) >= 11 is 3.35. The number of hydrogen-bond donors (Lipinski definition) is 1. The Kier molecular flexibility index (Phi) is 3.15. The van der Waals surface area contributed by atoms with Crippen LogP contribution in [-0.2, 0) is 4.74 Å². The van der Waals surface area contributed by atoms with Crippen molar-refractivity contribution in [1.82, 2.24) is 0 Å². The Morgan fingerprint density at radius 1 is 1.56 bits per heavy atom. The number of ether oxygens (including phenoxy) is 1. The molecule has 0 aliphatic carbocycles. The summed E-state index contributed by atoms with van der Waals surface area (Å²) in [6.07, 6.45) is 0. The van der Waals surface area contributed by atoms with Gasteiger partial charge < -0.3 is 9.84 Å². The van der Waals surface area contributed by atoms with Crippen LogP contribution in [0.5, 0.6) is 0 Å². The molecule has 4 heteroatoms. The molecule has 0 atom stereocenters. The first kappa shape index (κ1) is 11.8. The van der Waals surface area contributed by atoms with Crippen molar-refractivity contribution in [1.29, 1.82) is 0 Å². The van der Waals surface area contributed by atoms with E-state index in [1.807, 2.05) is 19.1 Å². The molecule has 1 aliphatic rings. The van der Waals surface area contributed by atoms with Crippen LogP contribution >= 0.6 is 15.9 Å². The summed E-state index contributed by atoms with van der Waals surface area (Å²) in [6.45, 7) is 2.37. The predicted molar refractivity (Wildman–Crippen MR) is 63.5 cm³/mol. The monoisotopic (exact) mass is 284 g/mol. The topological polar surface area (TPSA) is 46.5 Å². The highest BCUT2D eigenvalue weighted by atomic mass is 79.9. The maximum atomic E-state index is 12.3. The van der Waals surface area contributed by atoms with Crippen LogP contribution in [0.3, 0.4) is 0 Å². The highest BCUT2D eigenvalue weighted by Crippen LogP contribution is 2.32. The molecule has 0 amide bonds. The van der Waals surface area contributed by atoms with Crippen molar-refractivity contribution >= 4 is 21.7 Å². The van der Waals surface area contributed by atoms with E-state index in [0.717, 1.165) is 10.0 Å². The Morgan fingerprint density at radius 2 is 2.25 bits per heavy atom. The summed E-state index contributed by atoms with van der Waals surface area (Å²) in [4.78, 5) is 12.3. The third-order valence-electron chi connectivity index (χ3n) is 2.99. The van der Waals surface area contributed by atoms with E-state index in [1.165, 1.54) is 0 Å². The second-order valence-corrected chi connectivity index (χ2v) is 5.14. The first-order chi connectivity index (χ1) is 7.59. The number of hydrogen-bond acceptors (Lipinski definition) is 3. The van der Waals surface area contributed by atoms with Crippen molar-refractivity contribution in [3.63, 3.8) is 0 Å². The van der Waals surface area contributed by atoms with E-state index in [2.05, 4.69) is 15.9 Å². The van der Waals surface area contributed by atoms with E-state index >= 15 is 0 Å². The molecule has 1 aliphatic heterocycles. The number of aliphatic hydroxyl groups excluding tert-OH is 1. The van der Waals surface area contributed by atoms with Crippen LogP contribution in [0.15, 0.2) is 22.7 Å². The van der Waals surface area contributed by atoms with Crippen LogP contribution in [0, 0.1) is 12.3 Å². The van der Waals surface area contributed by atoms with Crippen molar-refractivity contribution in [2.24, 2.45) is 5.41 Å². The SMILES string of the molecule is Cc1ccc(Br)cc1C(=O)C1(CO)COC1. The molecule has 0 unspecified atom stereocenters. The van der Waals surface area contributed by atoms with Gasteiger partial charge in [0.1, 0.15) is 5.41 Å². The summed E-state index contributed by atoms with van der Waals surface area (Å²) in [7, 11) is 0. The highest BCUT2D eigenvalue weighted by molar-refractivity contribution is 9.10. The van der Waals surface area contributed by atoms with Gasteiger partial charge in [-0.05, 0) is 24.6 Å². The largest absolute Gasteiger partial charge is 0.395 e. The van der Waals surface area contributed by atoms with Crippen LogP contribution in [0.2, 0.25) is 0 Å². The zero-order valence-electron chi connectivity index (χ0n) is 9.00. The minimum atomic E-state index is -0.717. The molecule has 0 spiro atoms. The lowest BCUT2D eigenvalue weighted by atomic mass is 9.78. The van der Waals surface area contributed by atoms with Gasteiger partial charge in [0.2, 0.25) is 0 Å². The average molecular weight is 285 g/mol. The summed E-state index contributed by atoms with van der Waals surface area (Å²) < 4.78 is 5.92. The summed E-state index contributed by atoms with van der Waals surface area (Å²) in [5.74, 6) is -0.0277. The van der Waals surface area contributed by atoms with E-state index in [1.54, 1.807) is 6.07 Å². The van der Waals surface area contributed by atoms with Gasteiger partial charge >= 0.3 is 0 Å². The summed E-state index contributed by atoms with van der Waals surface area (Å²) in [6, 6.07) is 5.59. The van der Waals surface area contributed by atoms with Gasteiger partial charge in [-0.2, -0.15) is 0 Å². The first-order valence-electron chi connectivity index (χ1n) is 5.09. The van der Waals surface area contributed by atoms with Gasteiger partial charge in [-0.3, -0.25) is 4.79 Å². The minimum absolute atomic E-state index is 0.0277. The van der Waals surface area contributed by atoms with Crippen LogP contribution in [0.1, 0.15) is 15.9 Å². The Hall–Kier alpha value is -0.710. The molecule has 1 heterocycles. The predicted octanol–water partition coefficient (Wildman–Crippen LogP) is 1.95. The van der Waals surface area contributed by atoms with Gasteiger partial charge in [0.25, 0.3) is 0 Å². The summed E-state index contributed by atoms with van der Waals surface area (Å²) in [5.41, 5.74) is 0.866. The van der Waals surface area contributed by atoms with Crippen LogP contribution < -0.4 is 0 Å². The van der Waals surface area contributed by atoms with Gasteiger partial charge in [-0.15, -0.1) is 0 Å². The molecule has 0 bridgehead atoms. The number of aryl methyl sites for hydroxylation is 1. The molecule has 0 aromatic heterocycles. The smallest absolute Gasteiger partial charge is 0.176 e. The van der Waals surface area contributed by atoms with E-state index in [9.17, 15) is 9.90 Å². The number of rotatable bonds is 3. The Labute approximate surface area is 103 Å². The molecular weight excluding hydrogens is 272 g/mol. The number of halogens is 1. The standard InChI is InChI=1S/C12H13BrO3/c1-8-2-3-9(13)4-10(8)11(15)12(5-14)6-16-7-12/h2-4,14H,5-7H2,1H3.